The van der Waals surface area contributed by atoms with E-state index in [1.54, 1.807) is 19.9 Å². The smallest absolute Gasteiger partial charge is 1.00 e. The summed E-state index contributed by atoms with van der Waals surface area (Å²) in [5, 5.41) is 0. The molecule has 0 bridgehead atoms. The van der Waals surface area contributed by atoms with Crippen LogP contribution in [0.4, 0.5) is 0 Å². The van der Waals surface area contributed by atoms with Crippen molar-refractivity contribution in [2.45, 2.75) is 64.9 Å². The van der Waals surface area contributed by atoms with Crippen molar-refractivity contribution in [3.05, 3.63) is 64.8 Å². The van der Waals surface area contributed by atoms with Gasteiger partial charge in [-0.3, -0.25) is 0 Å². The molecule has 0 saturated heterocycles. The molecule has 0 saturated carbocycles. The second-order valence-corrected chi connectivity index (χ2v) is 15.1. The molecule has 1 aromatic rings. The molecule has 1 aromatic carbocycles. The summed E-state index contributed by atoms with van der Waals surface area (Å²) < 4.78 is 1.85. The zero-order valence-corrected chi connectivity index (χ0v) is 22.5. The van der Waals surface area contributed by atoms with E-state index in [0.717, 1.165) is 6.42 Å². The molecule has 0 aromatic heterocycles. The minimum Gasteiger partial charge on any atom is -1.00 e. The van der Waals surface area contributed by atoms with Crippen molar-refractivity contribution < 1.29 is 47.6 Å². The Bertz CT molecular complexity index is 853. The quantitative estimate of drug-likeness (QED) is 0.573. The van der Waals surface area contributed by atoms with E-state index in [4.69, 9.17) is 0 Å². The molecule has 0 N–H and O–H groups in total. The Hall–Kier alpha value is -0.227. The van der Waals surface area contributed by atoms with E-state index in [1.807, 2.05) is 0 Å². The predicted molar refractivity (Wildman–Crippen MR) is 112 cm³/mol. The Morgan fingerprint density at radius 2 is 1.54 bits per heavy atom. The van der Waals surface area contributed by atoms with Crippen LogP contribution in [0, 0.1) is 10.8 Å². The Morgan fingerprint density at radius 1 is 0.929 bits per heavy atom. The molecular formula is C25H33Cl2Zr. The first kappa shape index (κ1) is 25.8. The summed E-state index contributed by atoms with van der Waals surface area (Å²) in [4.78, 5) is 0. The van der Waals surface area contributed by atoms with Gasteiger partial charge in [-0.2, -0.15) is 0 Å². The first-order valence-electron chi connectivity index (χ1n) is 9.78. The molecule has 0 radical (unpaired) electrons. The molecule has 0 spiro atoms. The van der Waals surface area contributed by atoms with Crippen LogP contribution in [-0.2, 0) is 25.9 Å². The summed E-state index contributed by atoms with van der Waals surface area (Å²) in [5.41, 5.74) is 8.17. The first-order chi connectivity index (χ1) is 11.9. The fourth-order valence-electron chi connectivity index (χ4n) is 4.22. The molecule has 0 nitrogen and oxygen atoms in total. The minimum atomic E-state index is -0.784. The van der Waals surface area contributed by atoms with E-state index in [0.29, 0.717) is 0 Å². The molecule has 2 aliphatic carbocycles. The number of benzene rings is 1. The summed E-state index contributed by atoms with van der Waals surface area (Å²) in [6.45, 7) is 18.8. The number of hydrogen-bond donors (Lipinski definition) is 0. The van der Waals surface area contributed by atoms with Crippen LogP contribution < -0.4 is 24.8 Å². The van der Waals surface area contributed by atoms with Crippen molar-refractivity contribution in [3.63, 3.8) is 0 Å². The van der Waals surface area contributed by atoms with Gasteiger partial charge in [0.1, 0.15) is 0 Å². The second kappa shape index (κ2) is 8.87. The largest absolute Gasteiger partial charge is 1.00 e. The van der Waals surface area contributed by atoms with Gasteiger partial charge in [0.05, 0.1) is 0 Å². The third kappa shape index (κ3) is 4.74. The number of halogens is 2. The monoisotopic (exact) mass is 493 g/mol. The maximum absolute atomic E-state index is 2.68. The van der Waals surface area contributed by atoms with Crippen molar-refractivity contribution in [2.75, 3.05) is 0 Å². The van der Waals surface area contributed by atoms with Gasteiger partial charge < -0.3 is 24.8 Å². The van der Waals surface area contributed by atoms with Crippen molar-refractivity contribution in [3.8, 4) is 0 Å². The SMILES string of the molecule is C[C](C)=[Zr+2][C]1(C2=CC(C(C)(C)C)=CC2)C=C(C(C)(C)C)c2ccccc21.[Cl-].[Cl-]. The van der Waals surface area contributed by atoms with Gasteiger partial charge >= 0.3 is 172 Å². The Kier molecular flexibility index (Phi) is 8.18. The average molecular weight is 496 g/mol. The second-order valence-electron chi connectivity index (χ2n) is 10.1. The minimum absolute atomic E-state index is 0. The van der Waals surface area contributed by atoms with Crippen LogP contribution in [0.15, 0.2) is 53.6 Å². The molecule has 28 heavy (non-hydrogen) atoms. The van der Waals surface area contributed by atoms with Crippen molar-refractivity contribution >= 4 is 8.78 Å². The summed E-state index contributed by atoms with van der Waals surface area (Å²) in [5.74, 6) is 0. The Labute approximate surface area is 195 Å². The van der Waals surface area contributed by atoms with Crippen LogP contribution in [0.25, 0.3) is 5.57 Å². The molecular weight excluding hydrogens is 462 g/mol. The fourth-order valence-corrected chi connectivity index (χ4v) is 8.38. The molecule has 0 amide bonds. The zero-order chi connectivity index (χ0) is 19.3. The predicted octanol–water partition coefficient (Wildman–Crippen LogP) is 0.930. The van der Waals surface area contributed by atoms with Crippen molar-refractivity contribution in [1.29, 1.82) is 0 Å². The number of fused-ring (bicyclic) bond motifs is 1. The maximum atomic E-state index is 2.68. The van der Waals surface area contributed by atoms with Crippen molar-refractivity contribution in [2.24, 2.45) is 10.8 Å². The molecule has 1 unspecified atom stereocenters. The number of rotatable bonds is 2. The van der Waals surface area contributed by atoms with Gasteiger partial charge in [-0.05, 0) is 0 Å². The molecule has 3 heteroatoms. The van der Waals surface area contributed by atoms with Crippen LogP contribution in [-0.4, -0.2) is 3.21 Å². The van der Waals surface area contributed by atoms with E-state index in [2.05, 4.69) is 97.9 Å². The summed E-state index contributed by atoms with van der Waals surface area (Å²) in [6.07, 6.45) is 8.82. The summed E-state index contributed by atoms with van der Waals surface area (Å²) in [7, 11) is 0. The van der Waals surface area contributed by atoms with Gasteiger partial charge in [0.25, 0.3) is 0 Å². The third-order valence-electron chi connectivity index (χ3n) is 5.50. The van der Waals surface area contributed by atoms with Gasteiger partial charge in [0, 0.05) is 0 Å². The maximum Gasteiger partial charge on any atom is -1.00 e. The molecule has 3 rings (SSSR count). The van der Waals surface area contributed by atoms with E-state index < -0.39 is 22.8 Å². The zero-order valence-electron chi connectivity index (χ0n) is 18.5. The molecule has 151 valence electrons. The molecule has 0 heterocycles. The third-order valence-corrected chi connectivity index (χ3v) is 9.51. The number of hydrogen-bond acceptors (Lipinski definition) is 0. The summed E-state index contributed by atoms with van der Waals surface area (Å²) >= 11 is -0.784. The van der Waals surface area contributed by atoms with Gasteiger partial charge in [0.2, 0.25) is 0 Å². The molecule has 0 fully saturated rings. The molecule has 2 aliphatic rings. The van der Waals surface area contributed by atoms with E-state index >= 15 is 0 Å². The van der Waals surface area contributed by atoms with Crippen LogP contribution in [0.1, 0.15) is 72.9 Å². The van der Waals surface area contributed by atoms with Gasteiger partial charge in [-0.15, -0.1) is 0 Å². The van der Waals surface area contributed by atoms with Crippen LogP contribution >= 0.6 is 0 Å². The van der Waals surface area contributed by atoms with Gasteiger partial charge in [0.15, 0.2) is 0 Å². The topological polar surface area (TPSA) is 0 Å². The van der Waals surface area contributed by atoms with Gasteiger partial charge in [-0.1, -0.05) is 0 Å². The first-order valence-corrected chi connectivity index (χ1v) is 12.2. The fraction of sp³-hybridized carbons (Fsp3) is 0.480. The normalized spacial score (nSPS) is 20.8. The van der Waals surface area contributed by atoms with Crippen molar-refractivity contribution in [1.82, 2.24) is 0 Å². The number of allylic oxidation sites excluding steroid dienone is 6. The van der Waals surface area contributed by atoms with Crippen LogP contribution in [0.3, 0.4) is 0 Å². The molecule has 1 atom stereocenters. The standard InChI is InChI=1S/C22H27.C3H6.2ClH.Zr/c1-21(2,3)16-12-11-15(13-16)19-14-20(22(4,5)6)18-10-8-7-9-17(18)19;1-3-2;;;/h7-10,12-14H,11H2,1-6H3;1-2H3;2*1H;/q;;;;+2/p-2. The van der Waals surface area contributed by atoms with E-state index in [9.17, 15) is 0 Å². The van der Waals surface area contributed by atoms with Gasteiger partial charge in [-0.25, -0.2) is 0 Å². The summed E-state index contributed by atoms with van der Waals surface area (Å²) in [6, 6.07) is 9.21. The Morgan fingerprint density at radius 3 is 2.04 bits per heavy atom. The van der Waals surface area contributed by atoms with Crippen LogP contribution in [0.5, 0.6) is 0 Å². The average Bonchev–Trinajstić information content (AvgIpc) is 3.10. The van der Waals surface area contributed by atoms with E-state index in [-0.39, 0.29) is 38.8 Å². The van der Waals surface area contributed by atoms with E-state index in [1.165, 1.54) is 11.1 Å². The van der Waals surface area contributed by atoms with Crippen LogP contribution in [0.2, 0.25) is 0 Å². The Balaban J connectivity index is 0.00000196. The molecule has 0 aliphatic heterocycles.